The number of halogens is 3. The average molecular weight is 462 g/mol. The summed E-state index contributed by atoms with van der Waals surface area (Å²) in [7, 11) is 0. The van der Waals surface area contributed by atoms with Crippen molar-refractivity contribution < 1.29 is 23.0 Å². The minimum absolute atomic E-state index is 0.117. The Morgan fingerprint density at radius 1 is 1.34 bits per heavy atom. The Balaban J connectivity index is 1.41. The number of anilines is 1. The van der Waals surface area contributed by atoms with Crippen LogP contribution in [0, 0.1) is 5.92 Å². The Bertz CT molecular complexity index is 1190. The number of ether oxygens (including phenoxy) is 2. The Kier molecular flexibility index (Phi) is 4.89. The van der Waals surface area contributed by atoms with Gasteiger partial charge in [-0.15, -0.1) is 8.78 Å². The number of nitrogens with one attached hydrogen (secondary N) is 2. The summed E-state index contributed by atoms with van der Waals surface area (Å²) < 4.78 is 37.5. The van der Waals surface area contributed by atoms with Crippen LogP contribution < -0.4 is 14.8 Å². The summed E-state index contributed by atoms with van der Waals surface area (Å²) in [5.74, 6) is -0.880. The number of carbonyl (C=O) groups excluding carboxylic acids is 1. The van der Waals surface area contributed by atoms with Crippen molar-refractivity contribution in [3.8, 4) is 11.8 Å². The van der Waals surface area contributed by atoms with Gasteiger partial charge < -0.3 is 14.8 Å². The fourth-order valence-electron chi connectivity index (χ4n) is 3.98. The van der Waals surface area contributed by atoms with Crippen LogP contribution in [0.5, 0.6) is 11.8 Å². The summed E-state index contributed by atoms with van der Waals surface area (Å²) in [4.78, 5) is 17.6. The van der Waals surface area contributed by atoms with Gasteiger partial charge in [0.1, 0.15) is 12.4 Å². The van der Waals surface area contributed by atoms with Crippen molar-refractivity contribution in [1.29, 1.82) is 0 Å². The van der Waals surface area contributed by atoms with Crippen LogP contribution in [0.1, 0.15) is 30.0 Å². The molecule has 1 unspecified atom stereocenters. The van der Waals surface area contributed by atoms with Gasteiger partial charge in [0.25, 0.3) is 6.01 Å². The second-order valence-electron chi connectivity index (χ2n) is 7.64. The highest BCUT2D eigenvalue weighted by atomic mass is 35.5. The standard InChI is InChI=1S/C21H18ClF2N5O3/c1-11-10-31-20-27-17-9-12(8-15(18(17)29(11)20)16-6-7-25-28-16)19(30)26-13-2-4-14(5-3-13)32-21(22,23)24/h2-8,11-12H,9-10H2,1H3,(H,25,28)(H,26,30)/t11-,12?/m1/s1. The molecule has 2 N–H and O–H groups in total. The molecule has 0 saturated heterocycles. The lowest BCUT2D eigenvalue weighted by Gasteiger charge is -2.22. The molecule has 0 radical (unpaired) electrons. The lowest BCUT2D eigenvalue weighted by atomic mass is 9.88. The lowest BCUT2D eigenvalue weighted by molar-refractivity contribution is -0.118. The van der Waals surface area contributed by atoms with Gasteiger partial charge in [-0.05, 0) is 37.3 Å². The number of hydrogen-bond donors (Lipinski definition) is 2. The molecular formula is C21H18ClF2N5O3. The maximum absolute atomic E-state index is 13.0. The van der Waals surface area contributed by atoms with Gasteiger partial charge in [0.2, 0.25) is 5.91 Å². The zero-order chi connectivity index (χ0) is 22.5. The fraction of sp³-hybridized carbons (Fsp3) is 0.286. The Morgan fingerprint density at radius 3 is 2.81 bits per heavy atom. The smallest absolute Gasteiger partial charge is 0.462 e. The van der Waals surface area contributed by atoms with Crippen LogP contribution in [0.25, 0.3) is 5.57 Å². The Morgan fingerprint density at radius 2 is 2.12 bits per heavy atom. The molecule has 5 rings (SSSR count). The molecule has 2 atom stereocenters. The first-order valence-electron chi connectivity index (χ1n) is 9.91. The molecule has 11 heteroatoms. The van der Waals surface area contributed by atoms with Gasteiger partial charge >= 0.3 is 5.57 Å². The summed E-state index contributed by atoms with van der Waals surface area (Å²) in [5.41, 5.74) is -0.0764. The van der Waals surface area contributed by atoms with E-state index in [4.69, 9.17) is 16.3 Å². The van der Waals surface area contributed by atoms with Crippen molar-refractivity contribution in [2.75, 3.05) is 11.9 Å². The predicted molar refractivity (Wildman–Crippen MR) is 112 cm³/mol. The SMILES string of the molecule is C[C@@H]1COc2nc3c(n21)C(c1ccn[nH]1)=CC(C(=O)Nc1ccc(OC(F)(F)Cl)cc1)C3. The number of carbonyl (C=O) groups is 1. The fourth-order valence-corrected chi connectivity index (χ4v) is 4.07. The van der Waals surface area contributed by atoms with Crippen molar-refractivity contribution >= 4 is 28.8 Å². The number of imidazole rings is 1. The molecule has 1 aliphatic carbocycles. The Labute approximate surface area is 186 Å². The predicted octanol–water partition coefficient (Wildman–Crippen LogP) is 3.97. The lowest BCUT2D eigenvalue weighted by Crippen LogP contribution is -2.27. The van der Waals surface area contributed by atoms with Gasteiger partial charge in [-0.2, -0.15) is 10.1 Å². The van der Waals surface area contributed by atoms with E-state index in [0.29, 0.717) is 24.7 Å². The highest BCUT2D eigenvalue weighted by Gasteiger charge is 2.35. The number of rotatable bonds is 5. The first-order chi connectivity index (χ1) is 15.3. The summed E-state index contributed by atoms with van der Waals surface area (Å²) in [5, 5.41) is 9.80. The summed E-state index contributed by atoms with van der Waals surface area (Å²) in [6.45, 7) is 2.60. The van der Waals surface area contributed by atoms with Gasteiger partial charge in [-0.25, -0.2) is 0 Å². The van der Waals surface area contributed by atoms with Crippen molar-refractivity contribution in [2.45, 2.75) is 25.0 Å². The summed E-state index contributed by atoms with van der Waals surface area (Å²) in [6, 6.07) is 8.03. The summed E-state index contributed by atoms with van der Waals surface area (Å²) in [6.07, 6.45) is 3.93. The third kappa shape index (κ3) is 3.81. The molecule has 166 valence electrons. The zero-order valence-corrected chi connectivity index (χ0v) is 17.6. The first kappa shape index (κ1) is 20.5. The number of hydrogen-bond acceptors (Lipinski definition) is 5. The van der Waals surface area contributed by atoms with Crippen LogP contribution in [0.15, 0.2) is 42.6 Å². The van der Waals surface area contributed by atoms with Crippen LogP contribution in [0.2, 0.25) is 0 Å². The number of aromatic amines is 1. The number of nitrogens with zero attached hydrogens (tertiary/aromatic N) is 3. The van der Waals surface area contributed by atoms with E-state index in [1.807, 2.05) is 16.7 Å². The molecule has 1 aliphatic heterocycles. The zero-order valence-electron chi connectivity index (χ0n) is 16.8. The van der Waals surface area contributed by atoms with Gasteiger partial charge in [-0.1, -0.05) is 6.08 Å². The minimum atomic E-state index is -3.80. The minimum Gasteiger partial charge on any atom is -0.462 e. The average Bonchev–Trinajstić information content (AvgIpc) is 3.46. The molecule has 32 heavy (non-hydrogen) atoms. The highest BCUT2D eigenvalue weighted by molar-refractivity contribution is 6.20. The molecule has 0 fully saturated rings. The monoisotopic (exact) mass is 461 g/mol. The van der Waals surface area contributed by atoms with Crippen LogP contribution in [-0.2, 0) is 11.2 Å². The van der Waals surface area contributed by atoms with E-state index >= 15 is 0 Å². The molecule has 0 spiro atoms. The molecule has 0 bridgehead atoms. The van der Waals surface area contributed by atoms with Gasteiger partial charge in [0, 0.05) is 35.5 Å². The third-order valence-electron chi connectivity index (χ3n) is 5.36. The molecule has 1 amide bonds. The van der Waals surface area contributed by atoms with Crippen molar-refractivity contribution in [3.05, 3.63) is 59.7 Å². The maximum Gasteiger partial charge on any atom is 0.487 e. The molecule has 1 aromatic carbocycles. The topological polar surface area (TPSA) is 94.1 Å². The quantitative estimate of drug-likeness (QED) is 0.561. The molecule has 2 aromatic heterocycles. The van der Waals surface area contributed by atoms with Gasteiger partial charge in [-0.3, -0.25) is 14.5 Å². The molecule has 8 nitrogen and oxygen atoms in total. The second-order valence-corrected chi connectivity index (χ2v) is 8.08. The van der Waals surface area contributed by atoms with E-state index in [0.717, 1.165) is 22.7 Å². The third-order valence-corrected chi connectivity index (χ3v) is 5.44. The highest BCUT2D eigenvalue weighted by Crippen LogP contribution is 2.40. The Hall–Kier alpha value is -3.40. The molecule has 3 aromatic rings. The van der Waals surface area contributed by atoms with E-state index < -0.39 is 11.5 Å². The van der Waals surface area contributed by atoms with E-state index in [2.05, 4.69) is 32.2 Å². The largest absolute Gasteiger partial charge is 0.487 e. The number of H-pyrrole nitrogens is 1. The van der Waals surface area contributed by atoms with E-state index in [9.17, 15) is 13.6 Å². The number of aromatic nitrogens is 4. The van der Waals surface area contributed by atoms with Crippen LogP contribution in [0.4, 0.5) is 14.5 Å². The van der Waals surface area contributed by atoms with Crippen LogP contribution in [-0.4, -0.2) is 37.8 Å². The number of amides is 1. The van der Waals surface area contributed by atoms with Crippen molar-refractivity contribution in [1.82, 2.24) is 19.7 Å². The van der Waals surface area contributed by atoms with Crippen LogP contribution in [0.3, 0.4) is 0 Å². The molecule has 3 heterocycles. The van der Waals surface area contributed by atoms with E-state index in [1.165, 1.54) is 24.3 Å². The number of benzene rings is 1. The summed E-state index contributed by atoms with van der Waals surface area (Å²) >= 11 is 4.77. The van der Waals surface area contributed by atoms with Crippen molar-refractivity contribution in [2.24, 2.45) is 5.92 Å². The normalized spacial score (nSPS) is 19.6. The van der Waals surface area contributed by atoms with E-state index in [-0.39, 0.29) is 17.7 Å². The first-order valence-corrected chi connectivity index (χ1v) is 10.3. The van der Waals surface area contributed by atoms with Crippen molar-refractivity contribution in [3.63, 3.8) is 0 Å². The number of fused-ring (bicyclic) bond motifs is 3. The molecule has 2 aliphatic rings. The van der Waals surface area contributed by atoms with Crippen LogP contribution >= 0.6 is 11.6 Å². The van der Waals surface area contributed by atoms with Gasteiger partial charge in [0.05, 0.1) is 29.0 Å². The second kappa shape index (κ2) is 7.63. The molecule has 0 saturated carbocycles. The maximum atomic E-state index is 13.0. The van der Waals surface area contributed by atoms with E-state index in [1.54, 1.807) is 6.20 Å². The molecular weight excluding hydrogens is 444 g/mol. The van der Waals surface area contributed by atoms with Gasteiger partial charge in [0.15, 0.2) is 0 Å². The number of alkyl halides is 3.